The van der Waals surface area contributed by atoms with Crippen molar-refractivity contribution in [2.24, 2.45) is 11.7 Å². The van der Waals surface area contributed by atoms with Crippen molar-refractivity contribution < 1.29 is 22.8 Å². The average molecular weight is 396 g/mol. The predicted molar refractivity (Wildman–Crippen MR) is 96.8 cm³/mol. The minimum Gasteiger partial charge on any atom is -0.369 e. The van der Waals surface area contributed by atoms with E-state index in [1.165, 1.54) is 18.3 Å². The maximum atomic E-state index is 13.1. The first-order chi connectivity index (χ1) is 12.7. The van der Waals surface area contributed by atoms with Crippen LogP contribution in [0.3, 0.4) is 0 Å². The van der Waals surface area contributed by atoms with Crippen LogP contribution in [0.4, 0.5) is 0 Å². The van der Waals surface area contributed by atoms with Crippen molar-refractivity contribution in [2.45, 2.75) is 43.5 Å². The van der Waals surface area contributed by atoms with Gasteiger partial charge in [0.15, 0.2) is 5.78 Å². The molecule has 2 heterocycles. The smallest absolute Gasteiger partial charge is 0.268 e. The van der Waals surface area contributed by atoms with Crippen molar-refractivity contribution in [3.05, 3.63) is 24.5 Å². The van der Waals surface area contributed by atoms with Gasteiger partial charge in [-0.1, -0.05) is 6.92 Å². The Hall–Kier alpha value is -2.33. The van der Waals surface area contributed by atoms with Gasteiger partial charge in [-0.05, 0) is 37.9 Å². The summed E-state index contributed by atoms with van der Waals surface area (Å²) >= 11 is 0. The molecule has 0 aliphatic carbocycles. The first-order valence-corrected chi connectivity index (χ1v) is 10.2. The molecule has 2 amide bonds. The number of pyridine rings is 1. The molecule has 0 radical (unpaired) electrons. The molecule has 1 unspecified atom stereocenters. The maximum absolute atomic E-state index is 13.1. The summed E-state index contributed by atoms with van der Waals surface area (Å²) < 4.78 is 26.9. The molecule has 2 rings (SSSR count). The average Bonchev–Trinajstić information content (AvgIpc) is 2.85. The molecule has 1 saturated heterocycles. The number of rotatable bonds is 7. The van der Waals surface area contributed by atoms with Gasteiger partial charge in [0.05, 0.1) is 6.54 Å². The Morgan fingerprint density at radius 1 is 1.44 bits per heavy atom. The Balaban J connectivity index is 2.37. The summed E-state index contributed by atoms with van der Waals surface area (Å²) in [6.45, 7) is 2.13. The van der Waals surface area contributed by atoms with E-state index < -0.39 is 33.8 Å². The Labute approximate surface area is 158 Å². The molecule has 1 aliphatic heterocycles. The van der Waals surface area contributed by atoms with E-state index in [1.54, 1.807) is 6.92 Å². The van der Waals surface area contributed by atoms with Gasteiger partial charge in [-0.25, -0.2) is 12.7 Å². The highest BCUT2D eigenvalue weighted by molar-refractivity contribution is 7.89. The van der Waals surface area contributed by atoms with E-state index in [2.05, 4.69) is 10.3 Å². The van der Waals surface area contributed by atoms with Crippen LogP contribution in [0, 0.1) is 5.92 Å². The molecule has 0 aromatic carbocycles. The van der Waals surface area contributed by atoms with Crippen molar-refractivity contribution in [3.8, 4) is 0 Å². The Morgan fingerprint density at radius 2 is 2.19 bits per heavy atom. The van der Waals surface area contributed by atoms with Gasteiger partial charge in [0.1, 0.15) is 10.9 Å². The molecule has 3 N–H and O–H groups in total. The third-order valence-electron chi connectivity index (χ3n) is 4.50. The predicted octanol–water partition coefficient (Wildman–Crippen LogP) is -0.178. The zero-order valence-corrected chi connectivity index (χ0v) is 15.9. The molecule has 0 bridgehead atoms. The van der Waals surface area contributed by atoms with Gasteiger partial charge < -0.3 is 11.1 Å². The number of hydrogen-bond donors (Lipinski definition) is 2. The summed E-state index contributed by atoms with van der Waals surface area (Å²) in [5.74, 6) is -2.24. The van der Waals surface area contributed by atoms with E-state index in [9.17, 15) is 22.8 Å². The van der Waals surface area contributed by atoms with E-state index in [1.807, 2.05) is 0 Å². The number of sulfonamides is 1. The number of aromatic nitrogens is 1. The molecule has 1 aliphatic rings. The second-order valence-electron chi connectivity index (χ2n) is 6.53. The lowest BCUT2D eigenvalue weighted by Crippen LogP contribution is -2.49. The van der Waals surface area contributed by atoms with Crippen LogP contribution in [-0.4, -0.2) is 54.4 Å². The van der Waals surface area contributed by atoms with E-state index >= 15 is 0 Å². The maximum Gasteiger partial charge on any atom is 0.268 e. The number of nitrogens with two attached hydrogens (primary N) is 1. The van der Waals surface area contributed by atoms with Crippen LogP contribution in [0.25, 0.3) is 0 Å². The van der Waals surface area contributed by atoms with E-state index in [-0.39, 0.29) is 36.5 Å². The minimum absolute atomic E-state index is 0.00526. The molecule has 1 aromatic rings. The number of ketones is 1. The first-order valence-electron chi connectivity index (χ1n) is 8.75. The van der Waals surface area contributed by atoms with E-state index in [4.69, 9.17) is 5.73 Å². The minimum atomic E-state index is -4.26. The first kappa shape index (κ1) is 21.0. The van der Waals surface area contributed by atoms with Crippen molar-refractivity contribution >= 4 is 27.6 Å². The Kier molecular flexibility index (Phi) is 7.03. The normalized spacial score (nSPS) is 19.1. The molecule has 9 nitrogen and oxygen atoms in total. The van der Waals surface area contributed by atoms with Gasteiger partial charge in [-0.2, -0.15) is 0 Å². The summed E-state index contributed by atoms with van der Waals surface area (Å²) in [5.41, 5.74) is 5.21. The fourth-order valence-electron chi connectivity index (χ4n) is 2.84. The van der Waals surface area contributed by atoms with E-state index in [0.717, 1.165) is 6.20 Å². The highest BCUT2D eigenvalue weighted by Gasteiger charge is 2.39. The Bertz CT molecular complexity index is 797. The molecule has 27 heavy (non-hydrogen) atoms. The van der Waals surface area contributed by atoms with Crippen LogP contribution in [-0.2, 0) is 24.4 Å². The third-order valence-corrected chi connectivity index (χ3v) is 6.31. The third kappa shape index (κ3) is 5.10. The Morgan fingerprint density at radius 3 is 2.81 bits per heavy atom. The monoisotopic (exact) mass is 396 g/mol. The van der Waals surface area contributed by atoms with Crippen LogP contribution < -0.4 is 11.1 Å². The van der Waals surface area contributed by atoms with Gasteiger partial charge in [0.2, 0.25) is 11.8 Å². The lowest BCUT2D eigenvalue weighted by Gasteiger charge is -2.29. The second-order valence-corrected chi connectivity index (χ2v) is 8.34. The van der Waals surface area contributed by atoms with Crippen LogP contribution in [0.2, 0.25) is 0 Å². The highest BCUT2D eigenvalue weighted by Crippen LogP contribution is 2.23. The van der Waals surface area contributed by atoms with Crippen LogP contribution in [0.15, 0.2) is 29.4 Å². The van der Waals surface area contributed by atoms with E-state index in [0.29, 0.717) is 17.3 Å². The summed E-state index contributed by atoms with van der Waals surface area (Å²) in [7, 11) is -4.26. The van der Waals surface area contributed by atoms with Crippen molar-refractivity contribution in [1.82, 2.24) is 14.6 Å². The molecule has 1 fully saturated rings. The summed E-state index contributed by atoms with van der Waals surface area (Å²) in [5, 5.41) is 2.92. The second kappa shape index (κ2) is 9.05. The quantitative estimate of drug-likeness (QED) is 0.651. The number of primary amides is 1. The van der Waals surface area contributed by atoms with Gasteiger partial charge in [0, 0.05) is 24.7 Å². The highest BCUT2D eigenvalue weighted by atomic mass is 32.2. The van der Waals surface area contributed by atoms with Crippen LogP contribution in [0.5, 0.6) is 0 Å². The van der Waals surface area contributed by atoms with Crippen molar-refractivity contribution in [3.63, 3.8) is 0 Å². The molecule has 0 saturated carbocycles. The van der Waals surface area contributed by atoms with Gasteiger partial charge >= 0.3 is 0 Å². The zero-order valence-electron chi connectivity index (χ0n) is 15.1. The van der Waals surface area contributed by atoms with Gasteiger partial charge in [-0.15, -0.1) is 0 Å². The van der Waals surface area contributed by atoms with Crippen LogP contribution >= 0.6 is 0 Å². The number of nitrogens with one attached hydrogen (secondary N) is 1. The van der Waals surface area contributed by atoms with Gasteiger partial charge in [-0.3, -0.25) is 19.4 Å². The number of carbonyl (C=O) groups is 3. The fraction of sp³-hybridized carbons (Fsp3) is 0.529. The number of Topliss-reactive ketones (excluding diaryl/α,β-unsaturated/α-hetero) is 1. The topological polar surface area (TPSA) is 140 Å². The molecule has 0 spiro atoms. The summed E-state index contributed by atoms with van der Waals surface area (Å²) in [4.78, 5) is 40.2. The molecular weight excluding hydrogens is 372 g/mol. The largest absolute Gasteiger partial charge is 0.369 e. The number of carbonyl (C=O) groups excluding carboxylic acids is 3. The standard InChI is InChI=1S/C17H24N4O5S/c1-12(17(18)24)6-7-16(23)21(14-5-3-9-20-11-15(14)22)27(25,26)13-4-2-8-19-10-13/h2,4,8,10,12,14,20H,3,5-7,9,11H2,1H3,(H2,18,24)/t12?,14-/m0/s1. The van der Waals surface area contributed by atoms with Crippen LogP contribution in [0.1, 0.15) is 32.6 Å². The van der Waals surface area contributed by atoms with Crippen molar-refractivity contribution in [2.75, 3.05) is 13.1 Å². The van der Waals surface area contributed by atoms with Crippen molar-refractivity contribution in [1.29, 1.82) is 0 Å². The SMILES string of the molecule is CC(CCC(=O)N([C@H]1CCCNCC1=O)S(=O)(=O)c1cccnc1)C(N)=O. The van der Waals surface area contributed by atoms with Gasteiger partial charge in [0.25, 0.3) is 10.0 Å². The molecule has 2 atom stereocenters. The lowest BCUT2D eigenvalue weighted by molar-refractivity contribution is -0.134. The molecular formula is C17H24N4O5S. The molecule has 1 aromatic heterocycles. The number of nitrogens with zero attached hydrogens (tertiary/aromatic N) is 2. The number of amides is 2. The molecule has 148 valence electrons. The lowest BCUT2D eigenvalue weighted by atomic mass is 10.0. The number of hydrogen-bond acceptors (Lipinski definition) is 7. The summed E-state index contributed by atoms with van der Waals surface area (Å²) in [6.07, 6.45) is 3.25. The fourth-order valence-corrected chi connectivity index (χ4v) is 4.43. The summed E-state index contributed by atoms with van der Waals surface area (Å²) in [6, 6.07) is 1.69. The molecule has 10 heteroatoms. The zero-order chi connectivity index (χ0) is 20.0.